The van der Waals surface area contributed by atoms with E-state index < -0.39 is 0 Å². The molecule has 0 spiro atoms. The minimum absolute atomic E-state index is 0.943. The molecule has 0 aromatic carbocycles. The summed E-state index contributed by atoms with van der Waals surface area (Å²) in [4.78, 5) is 2.99. The number of hydrogen-bond donors (Lipinski definition) is 0. The van der Waals surface area contributed by atoms with Crippen LogP contribution in [0.25, 0.3) is 0 Å². The quantitative estimate of drug-likeness (QED) is 0.418. The maximum Gasteiger partial charge on any atom is 0.0160 e. The van der Waals surface area contributed by atoms with Crippen molar-refractivity contribution in [2.75, 3.05) is 7.05 Å². The van der Waals surface area contributed by atoms with E-state index in [9.17, 15) is 0 Å². The lowest BCUT2D eigenvalue weighted by molar-refractivity contribution is 0.0863. The van der Waals surface area contributed by atoms with E-state index in [2.05, 4.69) is 18.9 Å². The van der Waals surface area contributed by atoms with Crippen LogP contribution in [0.3, 0.4) is 0 Å². The van der Waals surface area contributed by atoms with Gasteiger partial charge in [-0.05, 0) is 143 Å². The van der Waals surface area contributed by atoms with Gasteiger partial charge in [0.1, 0.15) is 0 Å². The van der Waals surface area contributed by atoms with Gasteiger partial charge < -0.3 is 0 Å². The molecule has 1 heteroatoms. The van der Waals surface area contributed by atoms with Crippen LogP contribution in [0.5, 0.6) is 0 Å². The second-order valence-electron chi connectivity index (χ2n) is 14.6. The summed E-state index contributed by atoms with van der Waals surface area (Å²) in [6, 6.07) is 1.91. The van der Waals surface area contributed by atoms with Crippen LogP contribution in [0, 0.1) is 65.1 Å². The average Bonchev–Trinajstić information content (AvgIpc) is 3.45. The number of likely N-dealkylation sites (tertiary alicyclic amines) is 1. The monoisotopic (exact) mass is 451 g/mol. The molecule has 0 aromatic heterocycles. The highest BCUT2D eigenvalue weighted by Crippen LogP contribution is 2.63. The molecule has 1 saturated heterocycles. The first-order chi connectivity index (χ1) is 16.2. The minimum atomic E-state index is 0.943. The third kappa shape index (κ3) is 3.47. The summed E-state index contributed by atoms with van der Waals surface area (Å²) in [5, 5.41) is 0. The van der Waals surface area contributed by atoms with Crippen molar-refractivity contribution < 1.29 is 0 Å². The van der Waals surface area contributed by atoms with E-state index >= 15 is 0 Å². The van der Waals surface area contributed by atoms with Gasteiger partial charge in [0, 0.05) is 12.1 Å². The lowest BCUT2D eigenvalue weighted by Gasteiger charge is -2.41. The van der Waals surface area contributed by atoms with Crippen molar-refractivity contribution >= 4 is 0 Å². The molecule has 6 aliphatic carbocycles. The molecule has 7 aliphatic rings. The Morgan fingerprint density at radius 2 is 1.06 bits per heavy atom. The summed E-state index contributed by atoms with van der Waals surface area (Å²) in [6.45, 7) is 2.57. The van der Waals surface area contributed by atoms with Crippen LogP contribution in [-0.4, -0.2) is 24.0 Å². The molecule has 0 amide bonds. The molecular formula is C32H53N. The molecule has 0 N–H and O–H groups in total. The third-order valence-corrected chi connectivity index (χ3v) is 13.6. The molecule has 1 nitrogen and oxygen atoms in total. The van der Waals surface area contributed by atoms with Gasteiger partial charge in [0.15, 0.2) is 0 Å². The summed E-state index contributed by atoms with van der Waals surface area (Å²) < 4.78 is 0. The first kappa shape index (κ1) is 22.2. The van der Waals surface area contributed by atoms with E-state index in [0.29, 0.717) is 0 Å². The molecule has 33 heavy (non-hydrogen) atoms. The topological polar surface area (TPSA) is 3.24 Å². The highest BCUT2D eigenvalue weighted by atomic mass is 15.2. The third-order valence-electron chi connectivity index (χ3n) is 13.6. The Bertz CT molecular complexity index is 679. The fourth-order valence-electron chi connectivity index (χ4n) is 12.7. The van der Waals surface area contributed by atoms with Gasteiger partial charge in [-0.15, -0.1) is 0 Å². The second kappa shape index (κ2) is 8.81. The number of nitrogens with zero attached hydrogens (tertiary/aromatic N) is 1. The minimum Gasteiger partial charge on any atom is -0.300 e. The highest BCUT2D eigenvalue weighted by Gasteiger charge is 2.61. The predicted octanol–water partition coefficient (Wildman–Crippen LogP) is 8.18. The average molecular weight is 452 g/mol. The van der Waals surface area contributed by atoms with Crippen molar-refractivity contribution in [3.8, 4) is 0 Å². The molecular weight excluding hydrogens is 398 g/mol. The Morgan fingerprint density at radius 1 is 0.545 bits per heavy atom. The van der Waals surface area contributed by atoms with E-state index in [1.165, 1.54) is 19.3 Å². The van der Waals surface area contributed by atoms with Crippen LogP contribution in [0.2, 0.25) is 0 Å². The summed E-state index contributed by atoms with van der Waals surface area (Å²) in [7, 11) is 2.57. The molecule has 12 unspecified atom stereocenters. The van der Waals surface area contributed by atoms with E-state index in [-0.39, 0.29) is 0 Å². The van der Waals surface area contributed by atoms with Crippen LogP contribution in [-0.2, 0) is 0 Å². The fraction of sp³-hybridized carbons (Fsp3) is 1.00. The van der Waals surface area contributed by atoms with Crippen molar-refractivity contribution in [1.82, 2.24) is 4.90 Å². The molecule has 1 heterocycles. The predicted molar refractivity (Wildman–Crippen MR) is 138 cm³/mol. The van der Waals surface area contributed by atoms with E-state index in [1.54, 1.807) is 89.9 Å². The Balaban J connectivity index is 1.14. The van der Waals surface area contributed by atoms with Crippen LogP contribution in [0.4, 0.5) is 0 Å². The smallest absolute Gasteiger partial charge is 0.0160 e. The highest BCUT2D eigenvalue weighted by molar-refractivity contribution is 5.12. The molecule has 0 bridgehead atoms. The Kier molecular flexibility index (Phi) is 5.92. The van der Waals surface area contributed by atoms with Gasteiger partial charge in [-0.25, -0.2) is 0 Å². The summed E-state index contributed by atoms with van der Waals surface area (Å²) in [6.07, 6.45) is 26.7. The van der Waals surface area contributed by atoms with E-state index in [0.717, 1.165) is 77.2 Å². The van der Waals surface area contributed by atoms with Gasteiger partial charge >= 0.3 is 0 Å². The maximum atomic E-state index is 2.99. The van der Waals surface area contributed by atoms with Crippen LogP contribution in [0.15, 0.2) is 0 Å². The molecule has 7 fully saturated rings. The van der Waals surface area contributed by atoms with Gasteiger partial charge in [-0.1, -0.05) is 45.4 Å². The Morgan fingerprint density at radius 3 is 1.70 bits per heavy atom. The van der Waals surface area contributed by atoms with Crippen LogP contribution >= 0.6 is 0 Å². The van der Waals surface area contributed by atoms with Gasteiger partial charge in [0.25, 0.3) is 0 Å². The first-order valence-electron chi connectivity index (χ1n) is 15.9. The molecule has 12 atom stereocenters. The lowest BCUT2D eigenvalue weighted by atomic mass is 9.67. The normalized spacial score (nSPS) is 56.0. The Hall–Kier alpha value is -0.0400. The van der Waals surface area contributed by atoms with Crippen molar-refractivity contribution in [2.45, 2.75) is 128 Å². The van der Waals surface area contributed by atoms with E-state index in [4.69, 9.17) is 0 Å². The summed E-state index contributed by atoms with van der Waals surface area (Å²) in [5.41, 5.74) is 0. The maximum absolute atomic E-state index is 2.99. The molecule has 7 rings (SSSR count). The van der Waals surface area contributed by atoms with Crippen LogP contribution in [0.1, 0.15) is 116 Å². The van der Waals surface area contributed by atoms with Gasteiger partial charge in [-0.2, -0.15) is 0 Å². The number of rotatable bonds is 3. The van der Waals surface area contributed by atoms with Crippen molar-refractivity contribution in [1.29, 1.82) is 0 Å². The van der Waals surface area contributed by atoms with Gasteiger partial charge in [-0.3, -0.25) is 4.90 Å². The zero-order valence-corrected chi connectivity index (χ0v) is 22.0. The molecule has 0 aromatic rings. The number of fused-ring (bicyclic) bond motifs is 8. The first-order valence-corrected chi connectivity index (χ1v) is 15.9. The molecule has 186 valence electrons. The van der Waals surface area contributed by atoms with E-state index in [1.807, 2.05) is 0 Å². The van der Waals surface area contributed by atoms with Crippen molar-refractivity contribution in [2.24, 2.45) is 65.1 Å². The zero-order valence-electron chi connectivity index (χ0n) is 22.0. The van der Waals surface area contributed by atoms with Gasteiger partial charge in [0.05, 0.1) is 0 Å². The van der Waals surface area contributed by atoms with Crippen molar-refractivity contribution in [3.63, 3.8) is 0 Å². The standard InChI is InChI=1S/C32H53N/c1-20-15-18-30-29(19-20)31-27(25-13-7-8-14-28(25)32(31)33(30)2)17-16-26-23-11-5-3-9-21(23)22-10-4-6-12-24(22)26/h20-32H,3-19H2,1-2H3. The number of hydrogen-bond acceptors (Lipinski definition) is 1. The van der Waals surface area contributed by atoms with Crippen molar-refractivity contribution in [3.05, 3.63) is 0 Å². The fourth-order valence-corrected chi connectivity index (χ4v) is 12.7. The van der Waals surface area contributed by atoms with Gasteiger partial charge in [0.2, 0.25) is 0 Å². The molecule has 0 radical (unpaired) electrons. The largest absolute Gasteiger partial charge is 0.300 e. The zero-order chi connectivity index (χ0) is 22.1. The van der Waals surface area contributed by atoms with Crippen LogP contribution < -0.4 is 0 Å². The second-order valence-corrected chi connectivity index (χ2v) is 14.6. The SMILES string of the molecule is CC1CCC2C(C1)C1C(CCC3C4CCCCC4C4CCCCC43)C3CCCCC3C1N2C. The summed E-state index contributed by atoms with van der Waals surface area (Å²) in [5.74, 6) is 12.1. The molecule has 1 aliphatic heterocycles. The Labute approximate surface area is 205 Å². The summed E-state index contributed by atoms with van der Waals surface area (Å²) >= 11 is 0. The lowest BCUT2D eigenvalue weighted by Crippen LogP contribution is -2.41. The molecule has 6 saturated carbocycles.